The number of rotatable bonds is 4. The first-order chi connectivity index (χ1) is 9.20. The van der Waals surface area contributed by atoms with Gasteiger partial charge in [-0.25, -0.2) is 0 Å². The summed E-state index contributed by atoms with van der Waals surface area (Å²) in [6, 6.07) is 7.90. The van der Waals surface area contributed by atoms with Crippen LogP contribution < -0.4 is 0 Å². The number of Topliss-reactive ketones (excluding diaryl/α,β-unsaturated/α-hetero) is 1. The fourth-order valence-corrected chi connectivity index (χ4v) is 3.44. The minimum Gasteiger partial charge on any atom is -0.296 e. The highest BCUT2D eigenvalue weighted by Crippen LogP contribution is 2.21. The third-order valence-corrected chi connectivity index (χ3v) is 5.05. The first-order valence-electron chi connectivity index (χ1n) is 7.04. The lowest BCUT2D eigenvalue weighted by Crippen LogP contribution is -2.31. The lowest BCUT2D eigenvalue weighted by molar-refractivity contribution is 0.0932. The molecule has 1 heterocycles. The van der Waals surface area contributed by atoms with Crippen LogP contribution in [0.4, 0.5) is 0 Å². The molecule has 1 unspecified atom stereocenters. The van der Waals surface area contributed by atoms with E-state index < -0.39 is 0 Å². The highest BCUT2D eigenvalue weighted by molar-refractivity contribution is 7.99. The van der Waals surface area contributed by atoms with Gasteiger partial charge in [-0.1, -0.05) is 24.3 Å². The summed E-state index contributed by atoms with van der Waals surface area (Å²) in [5.74, 6) is 0.265. The van der Waals surface area contributed by atoms with Crippen LogP contribution in [-0.2, 0) is 0 Å². The Labute approximate surface area is 120 Å². The van der Waals surface area contributed by atoms with Gasteiger partial charge >= 0.3 is 0 Å². The molecule has 0 saturated carbocycles. The Hall–Kier alpha value is -0.800. The van der Waals surface area contributed by atoms with Crippen LogP contribution in [0.15, 0.2) is 24.3 Å². The molecule has 1 fully saturated rings. The summed E-state index contributed by atoms with van der Waals surface area (Å²) in [7, 11) is 0. The molecule has 1 saturated heterocycles. The minimum atomic E-state index is 0.265. The van der Waals surface area contributed by atoms with Crippen molar-refractivity contribution in [2.75, 3.05) is 25.9 Å². The van der Waals surface area contributed by atoms with Crippen LogP contribution in [-0.4, -0.2) is 41.8 Å². The number of carbonyl (C=O) groups is 1. The standard InChI is InChI=1S/C16H23NOS/c1-13-6-3-4-8-15(13)16(18)12-17-10-5-7-14(19-2)9-11-17/h3-4,6,8,14H,5,7,9-12H2,1-2H3. The molecule has 1 aromatic rings. The molecule has 1 aromatic carbocycles. The molecule has 3 heteroatoms. The van der Waals surface area contributed by atoms with E-state index in [9.17, 15) is 4.79 Å². The topological polar surface area (TPSA) is 20.3 Å². The average molecular weight is 277 g/mol. The molecule has 0 N–H and O–H groups in total. The molecule has 0 spiro atoms. The Balaban J connectivity index is 1.94. The third kappa shape index (κ3) is 4.08. The zero-order chi connectivity index (χ0) is 13.7. The highest BCUT2D eigenvalue weighted by atomic mass is 32.2. The van der Waals surface area contributed by atoms with Crippen molar-refractivity contribution in [2.24, 2.45) is 0 Å². The van der Waals surface area contributed by atoms with Crippen LogP contribution in [0.1, 0.15) is 35.2 Å². The van der Waals surface area contributed by atoms with Gasteiger partial charge in [0.1, 0.15) is 0 Å². The predicted molar refractivity (Wildman–Crippen MR) is 83.1 cm³/mol. The number of carbonyl (C=O) groups excluding carboxylic acids is 1. The molecule has 1 aliphatic rings. The van der Waals surface area contributed by atoms with Crippen LogP contribution in [0.2, 0.25) is 0 Å². The van der Waals surface area contributed by atoms with E-state index in [-0.39, 0.29) is 5.78 Å². The first kappa shape index (κ1) is 14.6. The molecule has 1 atom stereocenters. The van der Waals surface area contributed by atoms with Crippen molar-refractivity contribution < 1.29 is 4.79 Å². The normalized spacial score (nSPS) is 21.1. The third-order valence-electron chi connectivity index (χ3n) is 3.91. The Bertz CT molecular complexity index is 433. The van der Waals surface area contributed by atoms with Crippen molar-refractivity contribution in [2.45, 2.75) is 31.4 Å². The van der Waals surface area contributed by atoms with E-state index in [1.165, 1.54) is 19.3 Å². The van der Waals surface area contributed by atoms with E-state index in [2.05, 4.69) is 11.2 Å². The molecule has 104 valence electrons. The molecule has 0 amide bonds. The van der Waals surface area contributed by atoms with Crippen LogP contribution in [0.3, 0.4) is 0 Å². The van der Waals surface area contributed by atoms with E-state index in [1.807, 2.05) is 43.0 Å². The molecule has 0 aliphatic carbocycles. The summed E-state index contributed by atoms with van der Waals surface area (Å²) < 4.78 is 0. The average Bonchev–Trinajstić information content (AvgIpc) is 2.64. The Morgan fingerprint density at radius 2 is 2.11 bits per heavy atom. The second-order valence-electron chi connectivity index (χ2n) is 5.30. The summed E-state index contributed by atoms with van der Waals surface area (Å²) in [5.41, 5.74) is 1.97. The summed E-state index contributed by atoms with van der Waals surface area (Å²) in [5, 5.41) is 0.776. The number of ketones is 1. The van der Waals surface area contributed by atoms with Gasteiger partial charge in [0.05, 0.1) is 6.54 Å². The molecule has 2 nitrogen and oxygen atoms in total. The zero-order valence-electron chi connectivity index (χ0n) is 11.9. The molecular formula is C16H23NOS. The first-order valence-corrected chi connectivity index (χ1v) is 8.33. The fourth-order valence-electron chi connectivity index (χ4n) is 2.69. The monoisotopic (exact) mass is 277 g/mol. The Morgan fingerprint density at radius 3 is 2.84 bits per heavy atom. The van der Waals surface area contributed by atoms with E-state index in [0.29, 0.717) is 6.54 Å². The van der Waals surface area contributed by atoms with Crippen molar-refractivity contribution in [1.82, 2.24) is 4.90 Å². The molecular weight excluding hydrogens is 254 g/mol. The molecule has 0 radical (unpaired) electrons. The maximum Gasteiger partial charge on any atom is 0.177 e. The van der Waals surface area contributed by atoms with Crippen molar-refractivity contribution in [3.05, 3.63) is 35.4 Å². The molecule has 0 aromatic heterocycles. The molecule has 1 aliphatic heterocycles. The summed E-state index contributed by atoms with van der Waals surface area (Å²) >= 11 is 1.97. The SMILES string of the molecule is CSC1CCCN(CC(=O)c2ccccc2C)CC1. The van der Waals surface area contributed by atoms with Gasteiger partial charge in [0, 0.05) is 10.8 Å². The molecule has 19 heavy (non-hydrogen) atoms. The largest absolute Gasteiger partial charge is 0.296 e. The van der Waals surface area contributed by atoms with Gasteiger partial charge in [0.2, 0.25) is 0 Å². The summed E-state index contributed by atoms with van der Waals surface area (Å²) in [6.07, 6.45) is 5.91. The number of benzene rings is 1. The second kappa shape index (κ2) is 7.11. The van der Waals surface area contributed by atoms with Gasteiger partial charge in [-0.15, -0.1) is 0 Å². The molecule has 2 rings (SSSR count). The Morgan fingerprint density at radius 1 is 1.32 bits per heavy atom. The lowest BCUT2D eigenvalue weighted by Gasteiger charge is -2.19. The van der Waals surface area contributed by atoms with Crippen molar-refractivity contribution >= 4 is 17.5 Å². The smallest absolute Gasteiger partial charge is 0.177 e. The van der Waals surface area contributed by atoms with Crippen LogP contribution in [0.5, 0.6) is 0 Å². The van der Waals surface area contributed by atoms with Gasteiger partial charge in [-0.2, -0.15) is 11.8 Å². The summed E-state index contributed by atoms with van der Waals surface area (Å²) in [6.45, 7) is 4.71. The van der Waals surface area contributed by atoms with Gasteiger partial charge < -0.3 is 0 Å². The van der Waals surface area contributed by atoms with E-state index in [4.69, 9.17) is 0 Å². The lowest BCUT2D eigenvalue weighted by atomic mass is 10.0. The summed E-state index contributed by atoms with van der Waals surface area (Å²) in [4.78, 5) is 14.7. The number of nitrogens with zero attached hydrogens (tertiary/aromatic N) is 1. The Kier molecular flexibility index (Phi) is 5.46. The number of hydrogen-bond acceptors (Lipinski definition) is 3. The van der Waals surface area contributed by atoms with Crippen molar-refractivity contribution in [3.8, 4) is 0 Å². The van der Waals surface area contributed by atoms with Gasteiger partial charge in [0.25, 0.3) is 0 Å². The number of hydrogen-bond donors (Lipinski definition) is 0. The quantitative estimate of drug-likeness (QED) is 0.787. The van der Waals surface area contributed by atoms with Crippen LogP contribution in [0, 0.1) is 6.92 Å². The molecule has 0 bridgehead atoms. The van der Waals surface area contributed by atoms with E-state index in [0.717, 1.165) is 29.5 Å². The number of thioether (sulfide) groups is 1. The maximum absolute atomic E-state index is 12.4. The van der Waals surface area contributed by atoms with Gasteiger partial charge in [0.15, 0.2) is 5.78 Å². The van der Waals surface area contributed by atoms with Gasteiger partial charge in [-0.05, 0) is 51.1 Å². The van der Waals surface area contributed by atoms with Gasteiger partial charge in [-0.3, -0.25) is 9.69 Å². The number of likely N-dealkylation sites (tertiary alicyclic amines) is 1. The maximum atomic E-state index is 12.4. The van der Waals surface area contributed by atoms with E-state index in [1.54, 1.807) is 0 Å². The van der Waals surface area contributed by atoms with Crippen molar-refractivity contribution in [1.29, 1.82) is 0 Å². The number of aryl methyl sites for hydroxylation is 1. The zero-order valence-corrected chi connectivity index (χ0v) is 12.7. The predicted octanol–water partition coefficient (Wildman–Crippen LogP) is 3.40. The van der Waals surface area contributed by atoms with Crippen molar-refractivity contribution in [3.63, 3.8) is 0 Å². The second-order valence-corrected chi connectivity index (χ2v) is 6.44. The van der Waals surface area contributed by atoms with E-state index >= 15 is 0 Å². The van der Waals surface area contributed by atoms with Crippen LogP contribution in [0.25, 0.3) is 0 Å². The minimum absolute atomic E-state index is 0.265. The highest BCUT2D eigenvalue weighted by Gasteiger charge is 2.19. The van der Waals surface area contributed by atoms with Crippen LogP contribution >= 0.6 is 11.8 Å². The fraction of sp³-hybridized carbons (Fsp3) is 0.562.